The minimum atomic E-state index is 0.120. The van der Waals surface area contributed by atoms with Gasteiger partial charge in [-0.05, 0) is 61.8 Å². The third-order valence-corrected chi connectivity index (χ3v) is 5.23. The van der Waals surface area contributed by atoms with Crippen LogP contribution in [-0.4, -0.2) is 31.4 Å². The molecule has 2 aliphatic rings. The number of anilines is 2. The smallest absolute Gasteiger partial charge is 0.171 e. The van der Waals surface area contributed by atoms with Crippen molar-refractivity contribution in [2.24, 2.45) is 0 Å². The quantitative estimate of drug-likeness (QED) is 0.775. The highest BCUT2D eigenvalue weighted by Gasteiger charge is 2.14. The number of ether oxygens (including phenoxy) is 2. The maximum Gasteiger partial charge on any atom is 0.171 e. The lowest BCUT2D eigenvalue weighted by Gasteiger charge is -2.21. The number of rotatable bonds is 4. The molecule has 1 atom stereocenters. The predicted octanol–water partition coefficient (Wildman–Crippen LogP) is 4.11. The zero-order chi connectivity index (χ0) is 18.6. The largest absolute Gasteiger partial charge is 0.486 e. The molecule has 0 aromatic heterocycles. The molecule has 6 heteroatoms. The van der Waals surface area contributed by atoms with Gasteiger partial charge in [0.15, 0.2) is 16.6 Å². The van der Waals surface area contributed by atoms with Gasteiger partial charge >= 0.3 is 0 Å². The predicted molar refractivity (Wildman–Crippen MR) is 113 cm³/mol. The molecule has 0 spiro atoms. The summed E-state index contributed by atoms with van der Waals surface area (Å²) in [5, 5.41) is 7.16. The molecule has 1 unspecified atom stereocenters. The first kappa shape index (κ1) is 17.9. The molecule has 142 valence electrons. The molecule has 27 heavy (non-hydrogen) atoms. The number of hydrogen-bond acceptors (Lipinski definition) is 4. The summed E-state index contributed by atoms with van der Waals surface area (Å²) in [6.45, 7) is 5.60. The van der Waals surface area contributed by atoms with Gasteiger partial charge in [-0.3, -0.25) is 0 Å². The van der Waals surface area contributed by atoms with Crippen molar-refractivity contribution in [1.29, 1.82) is 0 Å². The van der Waals surface area contributed by atoms with Crippen molar-refractivity contribution in [3.63, 3.8) is 0 Å². The van der Waals surface area contributed by atoms with Crippen LogP contribution in [-0.2, 0) is 0 Å². The molecule has 2 N–H and O–H groups in total. The van der Waals surface area contributed by atoms with Gasteiger partial charge in [0, 0.05) is 30.5 Å². The minimum Gasteiger partial charge on any atom is -0.486 e. The number of hydrogen-bond donors (Lipinski definition) is 2. The van der Waals surface area contributed by atoms with Gasteiger partial charge < -0.3 is 25.0 Å². The van der Waals surface area contributed by atoms with E-state index in [1.807, 2.05) is 18.2 Å². The lowest BCUT2D eigenvalue weighted by atomic mass is 10.1. The Morgan fingerprint density at radius 3 is 2.44 bits per heavy atom. The second-order valence-corrected chi connectivity index (χ2v) is 7.37. The SMILES string of the molecule is CC(NC(=S)Nc1ccc2c(c1)OCCO2)c1ccc(N2CCCC2)cc1. The number of nitrogens with zero attached hydrogens (tertiary/aromatic N) is 1. The first-order chi connectivity index (χ1) is 13.2. The number of nitrogens with one attached hydrogen (secondary N) is 2. The zero-order valence-electron chi connectivity index (χ0n) is 15.5. The van der Waals surface area contributed by atoms with Crippen LogP contribution in [0.25, 0.3) is 0 Å². The van der Waals surface area contributed by atoms with Gasteiger partial charge in [-0.25, -0.2) is 0 Å². The van der Waals surface area contributed by atoms with E-state index < -0.39 is 0 Å². The van der Waals surface area contributed by atoms with Gasteiger partial charge in [0.1, 0.15) is 13.2 Å². The zero-order valence-corrected chi connectivity index (χ0v) is 16.3. The molecule has 2 aromatic carbocycles. The van der Waals surface area contributed by atoms with E-state index in [4.69, 9.17) is 21.7 Å². The molecular weight excluding hydrogens is 358 g/mol. The molecule has 2 heterocycles. The van der Waals surface area contributed by atoms with Crippen LogP contribution in [0.15, 0.2) is 42.5 Å². The summed E-state index contributed by atoms with van der Waals surface area (Å²) in [6.07, 6.45) is 2.58. The van der Waals surface area contributed by atoms with Crippen LogP contribution >= 0.6 is 12.2 Å². The molecule has 0 amide bonds. The fraction of sp³-hybridized carbons (Fsp3) is 0.381. The lowest BCUT2D eigenvalue weighted by molar-refractivity contribution is 0.171. The van der Waals surface area contributed by atoms with Crippen molar-refractivity contribution < 1.29 is 9.47 Å². The van der Waals surface area contributed by atoms with Crippen molar-refractivity contribution >= 4 is 28.7 Å². The topological polar surface area (TPSA) is 45.8 Å². The van der Waals surface area contributed by atoms with Crippen LogP contribution in [0, 0.1) is 0 Å². The maximum absolute atomic E-state index is 5.62. The van der Waals surface area contributed by atoms with Crippen LogP contribution in [0.2, 0.25) is 0 Å². The van der Waals surface area contributed by atoms with Crippen LogP contribution in [0.5, 0.6) is 11.5 Å². The Bertz CT molecular complexity index is 804. The van der Waals surface area contributed by atoms with Gasteiger partial charge in [0.2, 0.25) is 0 Å². The Morgan fingerprint density at radius 2 is 1.70 bits per heavy atom. The Kier molecular flexibility index (Phi) is 5.34. The Morgan fingerprint density at radius 1 is 1.00 bits per heavy atom. The van der Waals surface area contributed by atoms with E-state index in [1.165, 1.54) is 24.1 Å². The fourth-order valence-corrected chi connectivity index (χ4v) is 3.81. The molecule has 4 rings (SSSR count). The summed E-state index contributed by atoms with van der Waals surface area (Å²) in [4.78, 5) is 2.44. The number of benzene rings is 2. The third-order valence-electron chi connectivity index (χ3n) is 5.01. The van der Waals surface area contributed by atoms with E-state index in [1.54, 1.807) is 0 Å². The van der Waals surface area contributed by atoms with Crippen molar-refractivity contribution in [1.82, 2.24) is 5.32 Å². The molecule has 2 aromatic rings. The molecule has 0 radical (unpaired) electrons. The molecular formula is C21H25N3O2S. The van der Waals surface area contributed by atoms with E-state index in [0.717, 1.165) is 30.3 Å². The molecule has 0 bridgehead atoms. The molecule has 5 nitrogen and oxygen atoms in total. The van der Waals surface area contributed by atoms with E-state index in [-0.39, 0.29) is 6.04 Å². The molecule has 1 fully saturated rings. The average Bonchev–Trinajstić information content (AvgIpc) is 3.23. The van der Waals surface area contributed by atoms with Crippen LogP contribution in [0.1, 0.15) is 31.4 Å². The Hall–Kier alpha value is -2.47. The van der Waals surface area contributed by atoms with Crippen molar-refractivity contribution in [3.05, 3.63) is 48.0 Å². The molecule has 2 aliphatic heterocycles. The highest BCUT2D eigenvalue weighted by Crippen LogP contribution is 2.32. The highest BCUT2D eigenvalue weighted by atomic mass is 32.1. The first-order valence-corrected chi connectivity index (χ1v) is 9.92. The summed E-state index contributed by atoms with van der Waals surface area (Å²) in [7, 11) is 0. The van der Waals surface area contributed by atoms with Gasteiger partial charge in [-0.1, -0.05) is 12.1 Å². The summed E-state index contributed by atoms with van der Waals surface area (Å²) in [6, 6.07) is 14.6. The Balaban J connectivity index is 1.34. The lowest BCUT2D eigenvalue weighted by Crippen LogP contribution is -2.31. The summed E-state index contributed by atoms with van der Waals surface area (Å²) in [5.41, 5.74) is 3.40. The number of thiocarbonyl (C=S) groups is 1. The average molecular weight is 384 g/mol. The van der Waals surface area contributed by atoms with Gasteiger partial charge in [-0.2, -0.15) is 0 Å². The van der Waals surface area contributed by atoms with E-state index in [0.29, 0.717) is 18.3 Å². The molecule has 1 saturated heterocycles. The van der Waals surface area contributed by atoms with E-state index >= 15 is 0 Å². The summed E-state index contributed by atoms with van der Waals surface area (Å²) >= 11 is 5.48. The standard InChI is InChI=1S/C21H25N3O2S/c1-15(16-4-7-18(8-5-16)24-10-2-3-11-24)22-21(27)23-17-6-9-19-20(14-17)26-13-12-25-19/h4-9,14-15H,2-3,10-13H2,1H3,(H2,22,23,27). The molecule has 0 saturated carbocycles. The minimum absolute atomic E-state index is 0.120. The van der Waals surface area contributed by atoms with Crippen molar-refractivity contribution in [3.8, 4) is 11.5 Å². The summed E-state index contributed by atoms with van der Waals surface area (Å²) in [5.74, 6) is 1.52. The first-order valence-electron chi connectivity index (χ1n) is 9.51. The van der Waals surface area contributed by atoms with Crippen molar-refractivity contribution in [2.45, 2.75) is 25.8 Å². The highest BCUT2D eigenvalue weighted by molar-refractivity contribution is 7.80. The molecule has 0 aliphatic carbocycles. The number of fused-ring (bicyclic) bond motifs is 1. The third kappa shape index (κ3) is 4.27. The van der Waals surface area contributed by atoms with Gasteiger partial charge in [-0.15, -0.1) is 0 Å². The van der Waals surface area contributed by atoms with Crippen LogP contribution < -0.4 is 25.0 Å². The summed E-state index contributed by atoms with van der Waals surface area (Å²) < 4.78 is 11.2. The van der Waals surface area contributed by atoms with Crippen LogP contribution in [0.4, 0.5) is 11.4 Å². The second kappa shape index (κ2) is 8.05. The Labute approximate surface area is 165 Å². The van der Waals surface area contributed by atoms with Gasteiger partial charge in [0.25, 0.3) is 0 Å². The maximum atomic E-state index is 5.62. The normalized spacial score (nSPS) is 16.7. The second-order valence-electron chi connectivity index (χ2n) is 6.96. The van der Waals surface area contributed by atoms with E-state index in [9.17, 15) is 0 Å². The van der Waals surface area contributed by atoms with E-state index in [2.05, 4.69) is 46.7 Å². The van der Waals surface area contributed by atoms with Crippen LogP contribution in [0.3, 0.4) is 0 Å². The van der Waals surface area contributed by atoms with Crippen molar-refractivity contribution in [2.75, 3.05) is 36.5 Å². The van der Waals surface area contributed by atoms with Gasteiger partial charge in [0.05, 0.1) is 6.04 Å². The fourth-order valence-electron chi connectivity index (χ4n) is 3.52. The monoisotopic (exact) mass is 383 g/mol.